The van der Waals surface area contributed by atoms with Crippen LogP contribution in [0.25, 0.3) is 0 Å². The maximum atomic E-state index is 12.6. The summed E-state index contributed by atoms with van der Waals surface area (Å²) in [5.41, 5.74) is 1.81. The summed E-state index contributed by atoms with van der Waals surface area (Å²) >= 11 is 0. The molecule has 0 aliphatic carbocycles. The third kappa shape index (κ3) is 5.40. The van der Waals surface area contributed by atoms with Crippen molar-refractivity contribution < 1.29 is 18.0 Å². The number of anilines is 1. The number of amides is 2. The third-order valence-electron chi connectivity index (χ3n) is 4.17. The normalized spacial score (nSPS) is 11.3. The van der Waals surface area contributed by atoms with E-state index in [0.717, 1.165) is 5.56 Å². The molecule has 0 aliphatic heterocycles. The van der Waals surface area contributed by atoms with Gasteiger partial charge in [-0.05, 0) is 35.9 Å². The van der Waals surface area contributed by atoms with Gasteiger partial charge in [-0.15, -0.1) is 0 Å². The molecule has 2 rings (SSSR count). The molecular formula is C20H25N3O4S. The van der Waals surface area contributed by atoms with E-state index in [1.54, 1.807) is 50.2 Å². The molecule has 0 aromatic heterocycles. The zero-order valence-electron chi connectivity index (χ0n) is 16.2. The molecule has 0 aliphatic rings. The molecule has 2 amide bonds. The summed E-state index contributed by atoms with van der Waals surface area (Å²) in [6, 6.07) is 13.1. The van der Waals surface area contributed by atoms with Gasteiger partial charge in [0.1, 0.15) is 0 Å². The van der Waals surface area contributed by atoms with Crippen molar-refractivity contribution in [2.24, 2.45) is 0 Å². The van der Waals surface area contributed by atoms with Crippen molar-refractivity contribution in [3.63, 3.8) is 0 Å². The quantitative estimate of drug-likeness (QED) is 0.708. The van der Waals surface area contributed by atoms with Gasteiger partial charge in [0, 0.05) is 37.8 Å². The van der Waals surface area contributed by atoms with Crippen molar-refractivity contribution in [2.45, 2.75) is 32.2 Å². The Morgan fingerprint density at radius 1 is 1.00 bits per heavy atom. The lowest BCUT2D eigenvalue weighted by molar-refractivity contribution is -0.114. The summed E-state index contributed by atoms with van der Waals surface area (Å²) in [6.45, 7) is 5.99. The van der Waals surface area contributed by atoms with Gasteiger partial charge < -0.3 is 10.6 Å². The Morgan fingerprint density at radius 3 is 2.21 bits per heavy atom. The van der Waals surface area contributed by atoms with Gasteiger partial charge in [-0.25, -0.2) is 8.42 Å². The first-order valence-electron chi connectivity index (χ1n) is 9.02. The van der Waals surface area contributed by atoms with Gasteiger partial charge in [0.05, 0.1) is 4.90 Å². The SMILES string of the molecule is CCN(CC)S(=O)(=O)c1cccc(C(=O)NCc2ccc(NC(C)=O)cc2)c1. The van der Waals surface area contributed by atoms with E-state index < -0.39 is 10.0 Å². The molecule has 8 heteroatoms. The van der Waals surface area contributed by atoms with E-state index in [-0.39, 0.29) is 28.8 Å². The lowest BCUT2D eigenvalue weighted by Crippen LogP contribution is -2.31. The molecule has 0 unspecified atom stereocenters. The molecule has 0 saturated heterocycles. The number of rotatable bonds is 8. The van der Waals surface area contributed by atoms with Gasteiger partial charge in [0.15, 0.2) is 0 Å². The monoisotopic (exact) mass is 403 g/mol. The molecule has 0 saturated carbocycles. The summed E-state index contributed by atoms with van der Waals surface area (Å²) in [5, 5.41) is 5.45. The molecular weight excluding hydrogens is 378 g/mol. The van der Waals surface area contributed by atoms with Gasteiger partial charge in [0.2, 0.25) is 15.9 Å². The number of nitrogens with zero attached hydrogens (tertiary/aromatic N) is 1. The Bertz CT molecular complexity index is 936. The Morgan fingerprint density at radius 2 is 1.64 bits per heavy atom. The lowest BCUT2D eigenvalue weighted by Gasteiger charge is -2.18. The first-order valence-corrected chi connectivity index (χ1v) is 10.5. The zero-order chi connectivity index (χ0) is 20.7. The fourth-order valence-electron chi connectivity index (χ4n) is 2.70. The average Bonchev–Trinajstić information content (AvgIpc) is 2.67. The fraction of sp³-hybridized carbons (Fsp3) is 0.300. The number of carbonyl (C=O) groups excluding carboxylic acids is 2. The number of benzene rings is 2. The van der Waals surface area contributed by atoms with E-state index in [2.05, 4.69) is 10.6 Å². The topological polar surface area (TPSA) is 95.6 Å². The van der Waals surface area contributed by atoms with Crippen LogP contribution in [0.4, 0.5) is 5.69 Å². The highest BCUT2D eigenvalue weighted by Gasteiger charge is 2.22. The number of carbonyl (C=O) groups is 2. The second-order valence-corrected chi connectivity index (χ2v) is 8.12. The number of sulfonamides is 1. The zero-order valence-corrected chi connectivity index (χ0v) is 17.0. The van der Waals surface area contributed by atoms with Crippen LogP contribution < -0.4 is 10.6 Å². The second-order valence-electron chi connectivity index (χ2n) is 6.18. The molecule has 2 N–H and O–H groups in total. The molecule has 0 atom stereocenters. The molecule has 0 bridgehead atoms. The molecule has 2 aromatic carbocycles. The molecule has 0 heterocycles. The molecule has 0 radical (unpaired) electrons. The molecule has 0 spiro atoms. The highest BCUT2D eigenvalue weighted by molar-refractivity contribution is 7.89. The van der Waals surface area contributed by atoms with Gasteiger partial charge in [0.25, 0.3) is 5.91 Å². The van der Waals surface area contributed by atoms with Crippen molar-refractivity contribution in [3.05, 3.63) is 59.7 Å². The van der Waals surface area contributed by atoms with Crippen molar-refractivity contribution in [1.82, 2.24) is 9.62 Å². The van der Waals surface area contributed by atoms with E-state index in [1.807, 2.05) is 0 Å². The number of nitrogens with one attached hydrogen (secondary N) is 2. The van der Waals surface area contributed by atoms with E-state index >= 15 is 0 Å². The van der Waals surface area contributed by atoms with Gasteiger partial charge in [-0.3, -0.25) is 9.59 Å². The van der Waals surface area contributed by atoms with Crippen molar-refractivity contribution >= 4 is 27.5 Å². The number of hydrogen-bond acceptors (Lipinski definition) is 4. The summed E-state index contributed by atoms with van der Waals surface area (Å²) in [6.07, 6.45) is 0. The van der Waals surface area contributed by atoms with Crippen LogP contribution in [0.3, 0.4) is 0 Å². The van der Waals surface area contributed by atoms with E-state index in [9.17, 15) is 18.0 Å². The minimum Gasteiger partial charge on any atom is -0.348 e. The van der Waals surface area contributed by atoms with Crippen molar-refractivity contribution in [2.75, 3.05) is 18.4 Å². The third-order valence-corrected chi connectivity index (χ3v) is 6.21. The Labute approximate surface area is 165 Å². The molecule has 2 aromatic rings. The van der Waals surface area contributed by atoms with E-state index in [0.29, 0.717) is 18.8 Å². The smallest absolute Gasteiger partial charge is 0.251 e. The van der Waals surface area contributed by atoms with E-state index in [1.165, 1.54) is 23.4 Å². The predicted octanol–water partition coefficient (Wildman–Crippen LogP) is 2.61. The van der Waals surface area contributed by atoms with Gasteiger partial charge in [-0.2, -0.15) is 4.31 Å². The second kappa shape index (κ2) is 9.48. The van der Waals surface area contributed by atoms with Crippen LogP contribution in [-0.4, -0.2) is 37.6 Å². The Kier molecular flexibility index (Phi) is 7.31. The first-order chi connectivity index (χ1) is 13.3. The predicted molar refractivity (Wildman–Crippen MR) is 108 cm³/mol. The van der Waals surface area contributed by atoms with Crippen LogP contribution in [0.15, 0.2) is 53.4 Å². The standard InChI is InChI=1S/C20H25N3O4S/c1-4-23(5-2)28(26,27)19-8-6-7-17(13-19)20(25)21-14-16-9-11-18(12-10-16)22-15(3)24/h6-13H,4-5,14H2,1-3H3,(H,21,25)(H,22,24). The van der Waals surface area contributed by atoms with Crippen LogP contribution in [0.1, 0.15) is 36.7 Å². The van der Waals surface area contributed by atoms with Crippen LogP contribution in [-0.2, 0) is 21.4 Å². The average molecular weight is 404 g/mol. The molecule has 150 valence electrons. The maximum absolute atomic E-state index is 12.6. The van der Waals surface area contributed by atoms with Crippen LogP contribution in [0.5, 0.6) is 0 Å². The van der Waals surface area contributed by atoms with Crippen molar-refractivity contribution in [3.8, 4) is 0 Å². The maximum Gasteiger partial charge on any atom is 0.251 e. The van der Waals surface area contributed by atoms with Crippen molar-refractivity contribution in [1.29, 1.82) is 0 Å². The lowest BCUT2D eigenvalue weighted by atomic mass is 10.2. The first kappa shape index (κ1) is 21.6. The highest BCUT2D eigenvalue weighted by Crippen LogP contribution is 2.17. The number of hydrogen-bond donors (Lipinski definition) is 2. The molecule has 7 nitrogen and oxygen atoms in total. The van der Waals surface area contributed by atoms with Crippen LogP contribution in [0.2, 0.25) is 0 Å². The largest absolute Gasteiger partial charge is 0.348 e. The Balaban J connectivity index is 2.08. The molecule has 0 fully saturated rings. The van der Waals surface area contributed by atoms with Gasteiger partial charge >= 0.3 is 0 Å². The Hall–Kier alpha value is -2.71. The minimum absolute atomic E-state index is 0.100. The van der Waals surface area contributed by atoms with Gasteiger partial charge in [-0.1, -0.05) is 32.0 Å². The summed E-state index contributed by atoms with van der Waals surface area (Å²) in [7, 11) is -3.62. The van der Waals surface area contributed by atoms with E-state index in [4.69, 9.17) is 0 Å². The highest BCUT2D eigenvalue weighted by atomic mass is 32.2. The summed E-state index contributed by atoms with van der Waals surface area (Å²) < 4.78 is 26.6. The fourth-order valence-corrected chi connectivity index (χ4v) is 4.21. The minimum atomic E-state index is -3.62. The summed E-state index contributed by atoms with van der Waals surface area (Å²) in [4.78, 5) is 23.6. The molecule has 28 heavy (non-hydrogen) atoms. The van der Waals surface area contributed by atoms with Crippen LogP contribution in [0, 0.1) is 0 Å². The summed E-state index contributed by atoms with van der Waals surface area (Å²) in [5.74, 6) is -0.511. The van der Waals surface area contributed by atoms with Crippen LogP contribution >= 0.6 is 0 Å².